The largest absolute Gasteiger partial charge is 0.376 e. The molecule has 2 aliphatic rings. The minimum Gasteiger partial charge on any atom is -0.376 e. The summed E-state index contributed by atoms with van der Waals surface area (Å²) >= 11 is 0. The highest BCUT2D eigenvalue weighted by Gasteiger charge is 2.19. The van der Waals surface area contributed by atoms with Gasteiger partial charge in [-0.2, -0.15) is 0 Å². The number of benzene rings is 2. The fraction of sp³-hybridized carbons (Fsp3) is 0.462. The summed E-state index contributed by atoms with van der Waals surface area (Å²) in [4.78, 5) is 28.0. The standard InChI is InChI=1S/C26H33N3O3/c30-25(21-13-11-20(12-14-21)19-29-15-5-1-2-6-16-29)28-24-10-4-3-9-23(24)26(31)27-18-22-8-7-17-32-22/h3-4,9-14,22H,1-2,5-8,15-19H2,(H,27,31)(H,28,30)/t22-/m1/s1. The molecule has 32 heavy (non-hydrogen) atoms. The van der Waals surface area contributed by atoms with E-state index < -0.39 is 0 Å². The van der Waals surface area contributed by atoms with E-state index >= 15 is 0 Å². The predicted octanol–water partition coefficient (Wildman–Crippen LogP) is 4.22. The second kappa shape index (κ2) is 11.2. The summed E-state index contributed by atoms with van der Waals surface area (Å²) in [6, 6.07) is 14.9. The van der Waals surface area contributed by atoms with E-state index in [-0.39, 0.29) is 17.9 Å². The molecule has 6 nitrogen and oxygen atoms in total. The minimum atomic E-state index is -0.217. The zero-order chi connectivity index (χ0) is 22.2. The molecule has 2 fully saturated rings. The van der Waals surface area contributed by atoms with Crippen LogP contribution < -0.4 is 10.6 Å². The average molecular weight is 436 g/mol. The maximum absolute atomic E-state index is 12.8. The highest BCUT2D eigenvalue weighted by Crippen LogP contribution is 2.18. The number of rotatable bonds is 7. The first-order valence-electron chi connectivity index (χ1n) is 11.8. The van der Waals surface area contributed by atoms with Crippen LogP contribution in [-0.4, -0.2) is 49.1 Å². The molecule has 170 valence electrons. The molecule has 0 aromatic heterocycles. The van der Waals surface area contributed by atoms with Crippen molar-refractivity contribution in [1.29, 1.82) is 0 Å². The number of para-hydroxylation sites is 1. The number of likely N-dealkylation sites (tertiary alicyclic amines) is 1. The van der Waals surface area contributed by atoms with Crippen molar-refractivity contribution in [3.8, 4) is 0 Å². The van der Waals surface area contributed by atoms with E-state index in [0.29, 0.717) is 23.4 Å². The predicted molar refractivity (Wildman–Crippen MR) is 126 cm³/mol. The lowest BCUT2D eigenvalue weighted by atomic mass is 10.1. The van der Waals surface area contributed by atoms with Gasteiger partial charge in [-0.3, -0.25) is 14.5 Å². The number of ether oxygens (including phenoxy) is 1. The van der Waals surface area contributed by atoms with Crippen LogP contribution in [0.15, 0.2) is 48.5 Å². The van der Waals surface area contributed by atoms with Crippen LogP contribution in [0.5, 0.6) is 0 Å². The van der Waals surface area contributed by atoms with E-state index in [0.717, 1.165) is 39.1 Å². The van der Waals surface area contributed by atoms with Gasteiger partial charge in [0.05, 0.1) is 17.4 Å². The molecular weight excluding hydrogens is 402 g/mol. The average Bonchev–Trinajstić information content (AvgIpc) is 3.21. The van der Waals surface area contributed by atoms with Crippen LogP contribution in [0.4, 0.5) is 5.69 Å². The Bertz CT molecular complexity index is 899. The van der Waals surface area contributed by atoms with Crippen molar-refractivity contribution in [3.05, 3.63) is 65.2 Å². The van der Waals surface area contributed by atoms with Crippen molar-refractivity contribution >= 4 is 17.5 Å². The van der Waals surface area contributed by atoms with Crippen molar-refractivity contribution in [3.63, 3.8) is 0 Å². The SMILES string of the molecule is O=C(Nc1ccccc1C(=O)NC[C@H]1CCCO1)c1ccc(CN2CCCCCC2)cc1. The molecule has 6 heteroatoms. The summed E-state index contributed by atoms with van der Waals surface area (Å²) in [7, 11) is 0. The van der Waals surface area contributed by atoms with E-state index in [1.165, 1.54) is 31.2 Å². The van der Waals surface area contributed by atoms with Crippen molar-refractivity contribution in [2.45, 2.75) is 51.2 Å². The number of nitrogens with zero attached hydrogens (tertiary/aromatic N) is 1. The van der Waals surface area contributed by atoms with E-state index in [9.17, 15) is 9.59 Å². The van der Waals surface area contributed by atoms with Gasteiger partial charge in [-0.15, -0.1) is 0 Å². The van der Waals surface area contributed by atoms with Gasteiger partial charge in [-0.1, -0.05) is 37.1 Å². The number of carbonyl (C=O) groups excluding carboxylic acids is 2. The maximum Gasteiger partial charge on any atom is 0.255 e. The number of hydrogen-bond donors (Lipinski definition) is 2. The number of nitrogens with one attached hydrogen (secondary N) is 2. The molecule has 2 N–H and O–H groups in total. The molecule has 0 aliphatic carbocycles. The van der Waals surface area contributed by atoms with Crippen LogP contribution in [0.25, 0.3) is 0 Å². The van der Waals surface area contributed by atoms with Crippen molar-refractivity contribution < 1.29 is 14.3 Å². The summed E-state index contributed by atoms with van der Waals surface area (Å²) < 4.78 is 5.57. The first kappa shape index (κ1) is 22.5. The second-order valence-electron chi connectivity index (χ2n) is 8.73. The topological polar surface area (TPSA) is 70.7 Å². The van der Waals surface area contributed by atoms with Gasteiger partial charge < -0.3 is 15.4 Å². The zero-order valence-corrected chi connectivity index (χ0v) is 18.6. The fourth-order valence-corrected chi connectivity index (χ4v) is 4.41. The fourth-order valence-electron chi connectivity index (χ4n) is 4.41. The van der Waals surface area contributed by atoms with Gasteiger partial charge in [-0.05, 0) is 68.6 Å². The van der Waals surface area contributed by atoms with Crippen LogP contribution in [0.1, 0.15) is 64.8 Å². The van der Waals surface area contributed by atoms with Gasteiger partial charge in [0.15, 0.2) is 0 Å². The molecule has 0 unspecified atom stereocenters. The van der Waals surface area contributed by atoms with Crippen LogP contribution in [0.3, 0.4) is 0 Å². The lowest BCUT2D eigenvalue weighted by molar-refractivity contribution is 0.0858. The first-order chi connectivity index (χ1) is 15.7. The Morgan fingerprint density at radius 2 is 1.66 bits per heavy atom. The molecule has 2 saturated heterocycles. The lowest BCUT2D eigenvalue weighted by Gasteiger charge is -2.19. The zero-order valence-electron chi connectivity index (χ0n) is 18.6. The number of amides is 2. The lowest BCUT2D eigenvalue weighted by Crippen LogP contribution is -2.32. The van der Waals surface area contributed by atoms with Crippen molar-refractivity contribution in [1.82, 2.24) is 10.2 Å². The molecule has 0 bridgehead atoms. The highest BCUT2D eigenvalue weighted by atomic mass is 16.5. The Morgan fingerprint density at radius 1 is 0.906 bits per heavy atom. The summed E-state index contributed by atoms with van der Waals surface area (Å²) in [6.45, 7) is 4.46. The van der Waals surface area contributed by atoms with Gasteiger partial charge in [0.2, 0.25) is 0 Å². The second-order valence-corrected chi connectivity index (χ2v) is 8.73. The number of hydrogen-bond acceptors (Lipinski definition) is 4. The molecule has 0 radical (unpaired) electrons. The number of carbonyl (C=O) groups is 2. The molecule has 2 amide bonds. The van der Waals surface area contributed by atoms with Crippen LogP contribution in [0.2, 0.25) is 0 Å². The van der Waals surface area contributed by atoms with Gasteiger partial charge in [0, 0.05) is 25.3 Å². The summed E-state index contributed by atoms with van der Waals surface area (Å²) in [6.07, 6.45) is 7.25. The van der Waals surface area contributed by atoms with Crippen LogP contribution in [0, 0.1) is 0 Å². The molecule has 2 aromatic rings. The van der Waals surface area contributed by atoms with E-state index in [4.69, 9.17) is 4.74 Å². The van der Waals surface area contributed by atoms with E-state index in [1.807, 2.05) is 30.3 Å². The quantitative estimate of drug-likeness (QED) is 0.683. The summed E-state index contributed by atoms with van der Waals surface area (Å²) in [5.41, 5.74) is 2.77. The van der Waals surface area contributed by atoms with Gasteiger partial charge >= 0.3 is 0 Å². The maximum atomic E-state index is 12.8. The Morgan fingerprint density at radius 3 is 2.38 bits per heavy atom. The molecule has 0 saturated carbocycles. The molecular formula is C26H33N3O3. The smallest absolute Gasteiger partial charge is 0.255 e. The molecule has 1 atom stereocenters. The van der Waals surface area contributed by atoms with Crippen LogP contribution >= 0.6 is 0 Å². The summed E-state index contributed by atoms with van der Waals surface area (Å²) in [5.74, 6) is -0.421. The Hall–Kier alpha value is -2.70. The van der Waals surface area contributed by atoms with Gasteiger partial charge in [0.1, 0.15) is 0 Å². The first-order valence-corrected chi connectivity index (χ1v) is 11.8. The molecule has 2 aromatic carbocycles. The molecule has 0 spiro atoms. The van der Waals surface area contributed by atoms with Crippen LogP contribution in [-0.2, 0) is 11.3 Å². The Balaban J connectivity index is 1.35. The Kier molecular flexibility index (Phi) is 7.91. The van der Waals surface area contributed by atoms with E-state index in [2.05, 4.69) is 15.5 Å². The third kappa shape index (κ3) is 6.17. The molecule has 2 aliphatic heterocycles. The van der Waals surface area contributed by atoms with Crippen molar-refractivity contribution in [2.75, 3.05) is 31.6 Å². The third-order valence-electron chi connectivity index (χ3n) is 6.26. The minimum absolute atomic E-state index is 0.0773. The van der Waals surface area contributed by atoms with Gasteiger partial charge in [-0.25, -0.2) is 0 Å². The Labute approximate surface area is 190 Å². The summed E-state index contributed by atoms with van der Waals surface area (Å²) in [5, 5.41) is 5.83. The normalized spacial score (nSPS) is 19.3. The number of anilines is 1. The van der Waals surface area contributed by atoms with Crippen molar-refractivity contribution in [2.24, 2.45) is 0 Å². The van der Waals surface area contributed by atoms with E-state index in [1.54, 1.807) is 18.2 Å². The third-order valence-corrected chi connectivity index (χ3v) is 6.26. The molecule has 2 heterocycles. The van der Waals surface area contributed by atoms with Gasteiger partial charge in [0.25, 0.3) is 11.8 Å². The molecule has 4 rings (SSSR count). The monoisotopic (exact) mass is 435 g/mol. The highest BCUT2D eigenvalue weighted by molar-refractivity contribution is 6.09.